The zero-order valence-electron chi connectivity index (χ0n) is 10.4. The molecule has 1 aromatic carbocycles. The van der Waals surface area contributed by atoms with Crippen LogP contribution in [-0.2, 0) is 12.8 Å². The molecule has 2 N–H and O–H groups in total. The summed E-state index contributed by atoms with van der Waals surface area (Å²) in [5.74, 6) is -1.65. The Bertz CT molecular complexity index is 505. The Labute approximate surface area is 114 Å². The molecule has 0 atom stereocenters. The first-order chi connectivity index (χ1) is 9.20. The average Bonchev–Trinajstić information content (AvgIpc) is 2.86. The third kappa shape index (κ3) is 3.75. The Balaban J connectivity index is 1.99. The number of ether oxygens (including phenoxy) is 1. The lowest BCUT2D eigenvalue weighted by Gasteiger charge is -2.09. The minimum absolute atomic E-state index is 0.255. The maximum Gasteiger partial charge on any atom is 0.190 e. The third-order valence-corrected chi connectivity index (χ3v) is 3.60. The maximum atomic E-state index is 13.7. The second-order valence-electron chi connectivity index (χ2n) is 4.11. The van der Waals surface area contributed by atoms with E-state index in [0.29, 0.717) is 24.9 Å². The van der Waals surface area contributed by atoms with Crippen LogP contribution >= 0.6 is 11.3 Å². The minimum Gasteiger partial charge on any atom is -0.487 e. The highest BCUT2D eigenvalue weighted by atomic mass is 32.1. The van der Waals surface area contributed by atoms with E-state index in [0.717, 1.165) is 4.88 Å². The van der Waals surface area contributed by atoms with Gasteiger partial charge in [0.15, 0.2) is 17.4 Å². The van der Waals surface area contributed by atoms with E-state index in [4.69, 9.17) is 10.5 Å². The highest BCUT2D eigenvalue weighted by molar-refractivity contribution is 7.09. The summed E-state index contributed by atoms with van der Waals surface area (Å²) < 4.78 is 32.6. The van der Waals surface area contributed by atoms with E-state index in [1.807, 2.05) is 17.5 Å². The molecule has 19 heavy (non-hydrogen) atoms. The van der Waals surface area contributed by atoms with Gasteiger partial charge >= 0.3 is 0 Å². The maximum absolute atomic E-state index is 13.7. The Morgan fingerprint density at radius 3 is 2.47 bits per heavy atom. The summed E-state index contributed by atoms with van der Waals surface area (Å²) in [5.41, 5.74) is 5.90. The van der Waals surface area contributed by atoms with Gasteiger partial charge in [-0.15, -0.1) is 11.3 Å². The molecular weight excluding hydrogens is 268 g/mol. The van der Waals surface area contributed by atoms with Crippen LogP contribution in [0.5, 0.6) is 5.75 Å². The molecule has 1 heterocycles. The van der Waals surface area contributed by atoms with Gasteiger partial charge in [-0.05, 0) is 42.1 Å². The molecule has 0 amide bonds. The number of hydrogen-bond donors (Lipinski definition) is 1. The standard InChI is InChI=1S/C14H15F2NOS/c15-12-8-10(3-5-17)9-13(16)14(12)18-6-4-11-2-1-7-19-11/h1-2,7-9H,3-6,17H2. The molecule has 0 unspecified atom stereocenters. The first-order valence-corrected chi connectivity index (χ1v) is 6.92. The van der Waals surface area contributed by atoms with Gasteiger partial charge in [-0.25, -0.2) is 8.78 Å². The first kappa shape index (κ1) is 14.0. The molecule has 5 heteroatoms. The predicted octanol–water partition coefficient (Wildman–Crippen LogP) is 3.15. The summed E-state index contributed by atoms with van der Waals surface area (Å²) in [7, 11) is 0. The van der Waals surface area contributed by atoms with Crippen LogP contribution in [0.25, 0.3) is 0 Å². The highest BCUT2D eigenvalue weighted by Crippen LogP contribution is 2.24. The van der Waals surface area contributed by atoms with Crippen molar-refractivity contribution in [1.82, 2.24) is 0 Å². The molecule has 2 aromatic rings. The number of thiophene rings is 1. The van der Waals surface area contributed by atoms with Crippen LogP contribution in [0.15, 0.2) is 29.6 Å². The average molecular weight is 283 g/mol. The van der Waals surface area contributed by atoms with E-state index in [1.54, 1.807) is 11.3 Å². The Morgan fingerprint density at radius 1 is 1.16 bits per heavy atom. The SMILES string of the molecule is NCCc1cc(F)c(OCCc2cccs2)c(F)c1. The van der Waals surface area contributed by atoms with E-state index in [9.17, 15) is 8.78 Å². The molecule has 2 nitrogen and oxygen atoms in total. The predicted molar refractivity (Wildman–Crippen MR) is 72.6 cm³/mol. The summed E-state index contributed by atoms with van der Waals surface area (Å²) in [6.45, 7) is 0.613. The van der Waals surface area contributed by atoms with Gasteiger partial charge in [0.2, 0.25) is 0 Å². The van der Waals surface area contributed by atoms with Crippen molar-refractivity contribution in [1.29, 1.82) is 0 Å². The van der Waals surface area contributed by atoms with Gasteiger partial charge in [0.05, 0.1) is 6.61 Å². The zero-order chi connectivity index (χ0) is 13.7. The zero-order valence-corrected chi connectivity index (χ0v) is 11.2. The second kappa shape index (κ2) is 6.63. The van der Waals surface area contributed by atoms with Gasteiger partial charge in [-0.3, -0.25) is 0 Å². The molecule has 0 aliphatic heterocycles. The Morgan fingerprint density at radius 2 is 1.89 bits per heavy atom. The lowest BCUT2D eigenvalue weighted by atomic mass is 10.1. The van der Waals surface area contributed by atoms with Crippen molar-refractivity contribution in [2.45, 2.75) is 12.8 Å². The molecule has 1 aromatic heterocycles. The van der Waals surface area contributed by atoms with Crippen molar-refractivity contribution in [2.75, 3.05) is 13.2 Å². The second-order valence-corrected chi connectivity index (χ2v) is 5.14. The monoisotopic (exact) mass is 283 g/mol. The van der Waals surface area contributed by atoms with E-state index < -0.39 is 11.6 Å². The van der Waals surface area contributed by atoms with Crippen molar-refractivity contribution in [2.24, 2.45) is 5.73 Å². The van der Waals surface area contributed by atoms with Gasteiger partial charge in [0, 0.05) is 11.3 Å². The van der Waals surface area contributed by atoms with Crippen molar-refractivity contribution < 1.29 is 13.5 Å². The van der Waals surface area contributed by atoms with E-state index >= 15 is 0 Å². The summed E-state index contributed by atoms with van der Waals surface area (Å²) in [6, 6.07) is 6.45. The molecule has 0 spiro atoms. The molecule has 0 saturated carbocycles. The topological polar surface area (TPSA) is 35.2 Å². The summed E-state index contributed by atoms with van der Waals surface area (Å²) in [6.07, 6.45) is 1.09. The molecule has 0 saturated heterocycles. The molecule has 2 rings (SSSR count). The minimum atomic E-state index is -0.672. The Kier molecular flexibility index (Phi) is 4.87. The molecule has 0 radical (unpaired) electrons. The van der Waals surface area contributed by atoms with E-state index in [-0.39, 0.29) is 12.4 Å². The van der Waals surface area contributed by atoms with Crippen LogP contribution in [0.4, 0.5) is 8.78 Å². The lowest BCUT2D eigenvalue weighted by molar-refractivity contribution is 0.289. The van der Waals surface area contributed by atoms with Crippen molar-refractivity contribution in [3.63, 3.8) is 0 Å². The molecular formula is C14H15F2NOS. The first-order valence-electron chi connectivity index (χ1n) is 6.04. The van der Waals surface area contributed by atoms with Gasteiger partial charge in [-0.1, -0.05) is 6.07 Å². The van der Waals surface area contributed by atoms with Gasteiger partial charge in [0.25, 0.3) is 0 Å². The number of hydrogen-bond acceptors (Lipinski definition) is 3. The summed E-state index contributed by atoms with van der Waals surface area (Å²) >= 11 is 1.59. The smallest absolute Gasteiger partial charge is 0.190 e. The van der Waals surface area contributed by atoms with Crippen LogP contribution in [-0.4, -0.2) is 13.2 Å². The van der Waals surface area contributed by atoms with Crippen LogP contribution in [0.1, 0.15) is 10.4 Å². The van der Waals surface area contributed by atoms with Crippen molar-refractivity contribution in [3.8, 4) is 5.75 Å². The molecule has 0 fully saturated rings. The fraction of sp³-hybridized carbons (Fsp3) is 0.286. The number of nitrogens with two attached hydrogens (primary N) is 1. The van der Waals surface area contributed by atoms with Gasteiger partial charge < -0.3 is 10.5 Å². The molecule has 0 aliphatic carbocycles. The van der Waals surface area contributed by atoms with E-state index in [1.165, 1.54) is 12.1 Å². The fourth-order valence-electron chi connectivity index (χ4n) is 1.77. The van der Waals surface area contributed by atoms with Gasteiger partial charge in [-0.2, -0.15) is 0 Å². The van der Waals surface area contributed by atoms with Crippen molar-refractivity contribution >= 4 is 11.3 Å². The number of halogens is 2. The number of benzene rings is 1. The van der Waals surface area contributed by atoms with Crippen LogP contribution < -0.4 is 10.5 Å². The molecule has 102 valence electrons. The van der Waals surface area contributed by atoms with Crippen molar-refractivity contribution in [3.05, 3.63) is 51.7 Å². The third-order valence-electron chi connectivity index (χ3n) is 2.67. The van der Waals surface area contributed by atoms with Crippen LogP contribution in [0, 0.1) is 11.6 Å². The normalized spacial score (nSPS) is 10.7. The van der Waals surface area contributed by atoms with Gasteiger partial charge in [0.1, 0.15) is 0 Å². The fourth-order valence-corrected chi connectivity index (χ4v) is 2.46. The van der Waals surface area contributed by atoms with E-state index in [2.05, 4.69) is 0 Å². The Hall–Kier alpha value is -1.46. The number of rotatable bonds is 6. The highest BCUT2D eigenvalue weighted by Gasteiger charge is 2.12. The van der Waals surface area contributed by atoms with Crippen LogP contribution in [0.2, 0.25) is 0 Å². The molecule has 0 bridgehead atoms. The molecule has 0 aliphatic rings. The quantitative estimate of drug-likeness (QED) is 0.884. The largest absolute Gasteiger partial charge is 0.487 e. The summed E-state index contributed by atoms with van der Waals surface area (Å²) in [5, 5.41) is 1.96. The summed E-state index contributed by atoms with van der Waals surface area (Å²) in [4.78, 5) is 1.13. The lowest BCUT2D eigenvalue weighted by Crippen LogP contribution is -2.07. The van der Waals surface area contributed by atoms with Crippen LogP contribution in [0.3, 0.4) is 0 Å².